The Hall–Kier alpha value is -1.15. The highest BCUT2D eigenvalue weighted by Crippen LogP contribution is 2.07. The van der Waals surface area contributed by atoms with Crippen molar-refractivity contribution >= 4 is 5.78 Å². The van der Waals surface area contributed by atoms with Crippen molar-refractivity contribution in [3.05, 3.63) is 42.3 Å². The molecule has 0 unspecified atom stereocenters. The summed E-state index contributed by atoms with van der Waals surface area (Å²) in [6.07, 6.45) is 1.17. The van der Waals surface area contributed by atoms with Crippen molar-refractivity contribution in [3.8, 4) is 0 Å². The van der Waals surface area contributed by atoms with Gasteiger partial charge in [-0.15, -0.1) is 0 Å². The maximum atomic E-state index is 11.4. The molecule has 0 bridgehead atoms. The molecule has 1 rings (SSSR count). The lowest BCUT2D eigenvalue weighted by atomic mass is 10.1. The molecule has 0 heterocycles. The molecule has 0 atom stereocenters. The number of hydrogen-bond acceptors (Lipinski definition) is 2. The first-order valence-corrected chi connectivity index (χ1v) is 4.39. The molecule has 2 nitrogen and oxygen atoms in total. The van der Waals surface area contributed by atoms with Crippen molar-refractivity contribution in [2.24, 2.45) is 5.73 Å². The molecule has 0 aliphatic carbocycles. The molecule has 69 valence electrons. The fraction of sp³-hybridized carbons (Fsp3) is 0.273. The maximum absolute atomic E-state index is 11.4. The van der Waals surface area contributed by atoms with E-state index in [0.717, 1.165) is 11.1 Å². The van der Waals surface area contributed by atoms with Crippen molar-refractivity contribution < 1.29 is 4.79 Å². The fourth-order valence-corrected chi connectivity index (χ4v) is 1.13. The average Bonchev–Trinajstić information content (AvgIpc) is 2.18. The molecule has 0 aliphatic rings. The highest BCUT2D eigenvalue weighted by molar-refractivity contribution is 5.96. The van der Waals surface area contributed by atoms with Crippen molar-refractivity contribution in [3.63, 3.8) is 0 Å². The number of benzene rings is 1. The van der Waals surface area contributed by atoms with Crippen LogP contribution in [0.5, 0.6) is 0 Å². The fourth-order valence-electron chi connectivity index (χ4n) is 1.13. The van der Waals surface area contributed by atoms with Gasteiger partial charge in [-0.3, -0.25) is 4.79 Å². The Balaban J connectivity index is 2.74. The van der Waals surface area contributed by atoms with Gasteiger partial charge in [0, 0.05) is 18.5 Å². The molecule has 0 aliphatic heterocycles. The molecule has 2 N–H and O–H groups in total. The van der Waals surface area contributed by atoms with Crippen molar-refractivity contribution in [1.29, 1.82) is 0 Å². The van der Waals surface area contributed by atoms with Crippen LogP contribution in [0.2, 0.25) is 0 Å². The number of hydrogen-bond donors (Lipinski definition) is 1. The van der Waals surface area contributed by atoms with Gasteiger partial charge < -0.3 is 5.73 Å². The molecule has 1 radical (unpaired) electrons. The summed E-state index contributed by atoms with van der Waals surface area (Å²) in [6, 6.07) is 7.41. The second kappa shape index (κ2) is 4.77. The van der Waals surface area contributed by atoms with Crippen LogP contribution >= 0.6 is 0 Å². The zero-order valence-electron chi connectivity index (χ0n) is 7.62. The van der Waals surface area contributed by atoms with Gasteiger partial charge in [0.15, 0.2) is 5.78 Å². The average molecular weight is 176 g/mol. The lowest BCUT2D eigenvalue weighted by Crippen LogP contribution is -2.00. The SMILES string of the molecule is [CH2]CCC(=O)c1ccc(CN)cc1. The molecule has 0 spiro atoms. The second-order valence-corrected chi connectivity index (χ2v) is 2.93. The van der Waals surface area contributed by atoms with Gasteiger partial charge in [-0.2, -0.15) is 0 Å². The van der Waals surface area contributed by atoms with Gasteiger partial charge in [0.05, 0.1) is 0 Å². The van der Waals surface area contributed by atoms with Crippen LogP contribution in [0.15, 0.2) is 24.3 Å². The summed E-state index contributed by atoms with van der Waals surface area (Å²) >= 11 is 0. The molecule has 0 fully saturated rings. The molecule has 13 heavy (non-hydrogen) atoms. The highest BCUT2D eigenvalue weighted by atomic mass is 16.1. The van der Waals surface area contributed by atoms with Gasteiger partial charge in [-0.05, 0) is 12.0 Å². The van der Waals surface area contributed by atoms with Gasteiger partial charge in [-0.1, -0.05) is 31.2 Å². The molecular weight excluding hydrogens is 162 g/mol. The molecular formula is C11H14NO. The Morgan fingerprint density at radius 1 is 1.31 bits per heavy atom. The number of carbonyl (C=O) groups is 1. The lowest BCUT2D eigenvalue weighted by molar-refractivity contribution is 0.0983. The molecule has 0 aromatic heterocycles. The Morgan fingerprint density at radius 3 is 2.38 bits per heavy atom. The van der Waals surface area contributed by atoms with E-state index in [2.05, 4.69) is 6.92 Å². The molecule has 1 aromatic rings. The molecule has 1 aromatic carbocycles. The van der Waals surface area contributed by atoms with Crippen LogP contribution in [0.4, 0.5) is 0 Å². The van der Waals surface area contributed by atoms with E-state index in [4.69, 9.17) is 5.73 Å². The standard InChI is InChI=1S/C11H14NO/c1-2-3-11(13)10-6-4-9(8-12)5-7-10/h4-7H,1-3,8,12H2. The molecule has 0 saturated heterocycles. The predicted molar refractivity (Wildman–Crippen MR) is 53.3 cm³/mol. The summed E-state index contributed by atoms with van der Waals surface area (Å²) in [6.45, 7) is 4.16. The van der Waals surface area contributed by atoms with E-state index in [1.807, 2.05) is 24.3 Å². The normalized spacial score (nSPS) is 10.0. The quantitative estimate of drug-likeness (QED) is 0.712. The van der Waals surface area contributed by atoms with Crippen LogP contribution in [-0.4, -0.2) is 5.78 Å². The van der Waals surface area contributed by atoms with Crippen LogP contribution < -0.4 is 5.73 Å². The van der Waals surface area contributed by atoms with E-state index in [9.17, 15) is 4.79 Å². The van der Waals surface area contributed by atoms with E-state index >= 15 is 0 Å². The Bertz CT molecular complexity index is 277. The minimum Gasteiger partial charge on any atom is -0.326 e. The van der Waals surface area contributed by atoms with Crippen LogP contribution in [0.1, 0.15) is 28.8 Å². The van der Waals surface area contributed by atoms with Gasteiger partial charge in [0.25, 0.3) is 0 Å². The summed E-state index contributed by atoms with van der Waals surface area (Å²) in [4.78, 5) is 11.4. The van der Waals surface area contributed by atoms with Gasteiger partial charge in [0.2, 0.25) is 0 Å². The summed E-state index contributed by atoms with van der Waals surface area (Å²) in [5.41, 5.74) is 7.24. The summed E-state index contributed by atoms with van der Waals surface area (Å²) in [7, 11) is 0. The van der Waals surface area contributed by atoms with E-state index < -0.39 is 0 Å². The van der Waals surface area contributed by atoms with Crippen LogP contribution in [-0.2, 0) is 6.54 Å². The summed E-state index contributed by atoms with van der Waals surface area (Å²) in [5.74, 6) is 0.151. The first-order valence-electron chi connectivity index (χ1n) is 4.39. The number of Topliss-reactive ketones (excluding diaryl/α,β-unsaturated/α-hetero) is 1. The van der Waals surface area contributed by atoms with Gasteiger partial charge in [0.1, 0.15) is 0 Å². The lowest BCUT2D eigenvalue weighted by Gasteiger charge is -2.00. The van der Waals surface area contributed by atoms with Gasteiger partial charge >= 0.3 is 0 Å². The number of nitrogens with two attached hydrogens (primary N) is 1. The monoisotopic (exact) mass is 176 g/mol. The Kier molecular flexibility index (Phi) is 3.65. The molecule has 0 amide bonds. The Labute approximate surface area is 78.8 Å². The Morgan fingerprint density at radius 2 is 1.92 bits per heavy atom. The number of carbonyl (C=O) groups excluding carboxylic acids is 1. The predicted octanol–water partition coefficient (Wildman–Crippen LogP) is 1.94. The molecule has 0 saturated carbocycles. The largest absolute Gasteiger partial charge is 0.326 e. The minimum atomic E-state index is 0.151. The van der Waals surface area contributed by atoms with E-state index in [-0.39, 0.29) is 5.78 Å². The van der Waals surface area contributed by atoms with Crippen molar-refractivity contribution in [2.45, 2.75) is 19.4 Å². The third kappa shape index (κ3) is 2.67. The first-order chi connectivity index (χ1) is 6.27. The highest BCUT2D eigenvalue weighted by Gasteiger charge is 2.02. The third-order valence-corrected chi connectivity index (χ3v) is 1.92. The van der Waals surface area contributed by atoms with E-state index in [0.29, 0.717) is 19.4 Å². The van der Waals surface area contributed by atoms with Gasteiger partial charge in [-0.25, -0.2) is 0 Å². The van der Waals surface area contributed by atoms with Crippen molar-refractivity contribution in [1.82, 2.24) is 0 Å². The minimum absolute atomic E-state index is 0.151. The number of rotatable bonds is 4. The maximum Gasteiger partial charge on any atom is 0.162 e. The van der Waals surface area contributed by atoms with Crippen LogP contribution in [0.3, 0.4) is 0 Å². The zero-order valence-corrected chi connectivity index (χ0v) is 7.62. The zero-order chi connectivity index (χ0) is 9.68. The second-order valence-electron chi connectivity index (χ2n) is 2.93. The van der Waals surface area contributed by atoms with Crippen LogP contribution in [0.25, 0.3) is 0 Å². The smallest absolute Gasteiger partial charge is 0.162 e. The van der Waals surface area contributed by atoms with Crippen molar-refractivity contribution in [2.75, 3.05) is 0 Å². The topological polar surface area (TPSA) is 43.1 Å². The van der Waals surface area contributed by atoms with E-state index in [1.54, 1.807) is 0 Å². The summed E-state index contributed by atoms with van der Waals surface area (Å²) < 4.78 is 0. The third-order valence-electron chi connectivity index (χ3n) is 1.92. The van der Waals surface area contributed by atoms with Crippen LogP contribution in [0, 0.1) is 6.92 Å². The molecule has 2 heteroatoms. The number of ketones is 1. The summed E-state index contributed by atoms with van der Waals surface area (Å²) in [5, 5.41) is 0. The first kappa shape index (κ1) is 9.93. The van der Waals surface area contributed by atoms with E-state index in [1.165, 1.54) is 0 Å².